The summed E-state index contributed by atoms with van der Waals surface area (Å²) < 4.78 is 5.50. The molecular weight excluding hydrogens is 230 g/mol. The van der Waals surface area contributed by atoms with Crippen molar-refractivity contribution in [3.63, 3.8) is 0 Å². The highest BCUT2D eigenvalue weighted by molar-refractivity contribution is 5.87. The Morgan fingerprint density at radius 1 is 1.56 bits per heavy atom. The lowest BCUT2D eigenvalue weighted by molar-refractivity contribution is 0.0696. The summed E-state index contributed by atoms with van der Waals surface area (Å²) in [5.74, 6) is 1.38. The Labute approximate surface area is 107 Å². The van der Waals surface area contributed by atoms with Gasteiger partial charge in [-0.1, -0.05) is 13.0 Å². The number of carboxylic acid groups (broad SMARTS) is 1. The van der Waals surface area contributed by atoms with Crippen LogP contribution in [0.2, 0.25) is 0 Å². The highest BCUT2D eigenvalue weighted by Crippen LogP contribution is 2.36. The Balaban J connectivity index is 1.66. The van der Waals surface area contributed by atoms with Crippen LogP contribution in [0, 0.1) is 11.8 Å². The van der Waals surface area contributed by atoms with Crippen LogP contribution in [0.3, 0.4) is 0 Å². The third kappa shape index (κ3) is 3.74. The van der Waals surface area contributed by atoms with Crippen LogP contribution in [0.1, 0.15) is 23.7 Å². The highest BCUT2D eigenvalue weighted by atomic mass is 16.5. The van der Waals surface area contributed by atoms with Crippen molar-refractivity contribution in [2.24, 2.45) is 11.8 Å². The molecule has 98 valence electrons. The Hall–Kier alpha value is -1.55. The maximum absolute atomic E-state index is 10.8. The van der Waals surface area contributed by atoms with E-state index >= 15 is 0 Å². The number of ether oxygens (including phenoxy) is 1. The first-order chi connectivity index (χ1) is 8.66. The normalized spacial score (nSPS) is 21.6. The zero-order chi connectivity index (χ0) is 13.0. The van der Waals surface area contributed by atoms with Gasteiger partial charge in [-0.25, -0.2) is 4.79 Å². The Morgan fingerprint density at radius 2 is 2.33 bits per heavy atom. The number of nitrogens with one attached hydrogen (secondary N) is 1. The fourth-order valence-corrected chi connectivity index (χ4v) is 1.93. The monoisotopic (exact) mass is 249 g/mol. The fourth-order valence-electron chi connectivity index (χ4n) is 1.93. The molecule has 4 heteroatoms. The summed E-state index contributed by atoms with van der Waals surface area (Å²) in [5, 5.41) is 12.2. The van der Waals surface area contributed by atoms with E-state index in [9.17, 15) is 4.79 Å². The molecule has 1 aromatic rings. The maximum atomic E-state index is 10.8. The van der Waals surface area contributed by atoms with Gasteiger partial charge in [-0.3, -0.25) is 0 Å². The molecule has 2 N–H and O–H groups in total. The predicted molar refractivity (Wildman–Crippen MR) is 69.0 cm³/mol. The van der Waals surface area contributed by atoms with E-state index in [2.05, 4.69) is 12.2 Å². The second kappa shape index (κ2) is 5.87. The van der Waals surface area contributed by atoms with E-state index in [-0.39, 0.29) is 5.56 Å². The number of benzene rings is 1. The molecule has 2 atom stereocenters. The third-order valence-corrected chi connectivity index (χ3v) is 3.31. The summed E-state index contributed by atoms with van der Waals surface area (Å²) in [6.07, 6.45) is 1.33. The molecule has 18 heavy (non-hydrogen) atoms. The first kappa shape index (κ1) is 12.9. The minimum atomic E-state index is -0.929. The Kier molecular flexibility index (Phi) is 4.20. The molecule has 1 saturated carbocycles. The second-order valence-corrected chi connectivity index (χ2v) is 4.86. The number of rotatable bonds is 7. The zero-order valence-electron chi connectivity index (χ0n) is 10.6. The van der Waals surface area contributed by atoms with Crippen LogP contribution in [-0.2, 0) is 0 Å². The minimum Gasteiger partial charge on any atom is -0.492 e. The van der Waals surface area contributed by atoms with Crippen LogP contribution < -0.4 is 10.1 Å². The van der Waals surface area contributed by atoms with Crippen molar-refractivity contribution >= 4 is 5.97 Å². The second-order valence-electron chi connectivity index (χ2n) is 4.86. The first-order valence-electron chi connectivity index (χ1n) is 6.33. The van der Waals surface area contributed by atoms with Crippen LogP contribution in [0.4, 0.5) is 0 Å². The Morgan fingerprint density at radius 3 is 3.00 bits per heavy atom. The molecule has 0 aromatic heterocycles. The van der Waals surface area contributed by atoms with Crippen molar-refractivity contribution in [3.05, 3.63) is 29.8 Å². The lowest BCUT2D eigenvalue weighted by Gasteiger charge is -2.07. The van der Waals surface area contributed by atoms with Gasteiger partial charge in [0.25, 0.3) is 0 Å². The molecule has 0 saturated heterocycles. The first-order valence-corrected chi connectivity index (χ1v) is 6.33. The summed E-state index contributed by atoms with van der Waals surface area (Å²) in [7, 11) is 0. The van der Waals surface area contributed by atoms with E-state index < -0.39 is 5.97 Å². The number of hydrogen-bond donors (Lipinski definition) is 2. The van der Waals surface area contributed by atoms with Gasteiger partial charge in [0.05, 0.1) is 5.56 Å². The summed E-state index contributed by atoms with van der Waals surface area (Å²) in [5.41, 5.74) is 0.257. The molecule has 0 heterocycles. The van der Waals surface area contributed by atoms with Gasteiger partial charge in [-0.2, -0.15) is 0 Å². The average molecular weight is 249 g/mol. The summed E-state index contributed by atoms with van der Waals surface area (Å²) >= 11 is 0. The van der Waals surface area contributed by atoms with Crippen LogP contribution in [-0.4, -0.2) is 30.8 Å². The molecule has 0 amide bonds. The van der Waals surface area contributed by atoms with Crippen LogP contribution >= 0.6 is 0 Å². The van der Waals surface area contributed by atoms with Crippen LogP contribution in [0.15, 0.2) is 24.3 Å². The summed E-state index contributed by atoms with van der Waals surface area (Å²) in [6.45, 7) is 4.67. The molecule has 1 fully saturated rings. The lowest BCUT2D eigenvalue weighted by Crippen LogP contribution is -2.23. The van der Waals surface area contributed by atoms with Crippen LogP contribution in [0.5, 0.6) is 5.75 Å². The summed E-state index contributed by atoms with van der Waals surface area (Å²) in [6, 6.07) is 6.57. The van der Waals surface area contributed by atoms with Crippen molar-refractivity contribution in [3.8, 4) is 5.75 Å². The average Bonchev–Trinajstić information content (AvgIpc) is 3.05. The van der Waals surface area contributed by atoms with Crippen molar-refractivity contribution in [1.29, 1.82) is 0 Å². The number of hydrogen-bond acceptors (Lipinski definition) is 3. The van der Waals surface area contributed by atoms with Crippen molar-refractivity contribution in [2.45, 2.75) is 13.3 Å². The largest absolute Gasteiger partial charge is 0.492 e. The molecule has 4 nitrogen and oxygen atoms in total. The minimum absolute atomic E-state index is 0.257. The van der Waals surface area contributed by atoms with E-state index in [4.69, 9.17) is 9.84 Å². The molecule has 1 aliphatic carbocycles. The van der Waals surface area contributed by atoms with E-state index in [0.29, 0.717) is 12.4 Å². The van der Waals surface area contributed by atoms with Crippen molar-refractivity contribution in [2.75, 3.05) is 19.7 Å². The Bertz CT molecular complexity index is 419. The van der Waals surface area contributed by atoms with E-state index in [1.165, 1.54) is 6.42 Å². The SMILES string of the molecule is CC1CC1CNCCOc1cccc(C(=O)O)c1. The zero-order valence-corrected chi connectivity index (χ0v) is 10.6. The van der Waals surface area contributed by atoms with Gasteiger partial charge >= 0.3 is 5.97 Å². The smallest absolute Gasteiger partial charge is 0.335 e. The van der Waals surface area contributed by atoms with Crippen LogP contribution in [0.25, 0.3) is 0 Å². The molecule has 1 aromatic carbocycles. The molecule has 2 rings (SSSR count). The fraction of sp³-hybridized carbons (Fsp3) is 0.500. The van der Waals surface area contributed by atoms with Crippen molar-refractivity contribution < 1.29 is 14.6 Å². The molecule has 0 bridgehead atoms. The van der Waals surface area contributed by atoms with Gasteiger partial charge in [0.2, 0.25) is 0 Å². The molecule has 2 unspecified atom stereocenters. The van der Waals surface area contributed by atoms with Gasteiger partial charge in [-0.05, 0) is 43.0 Å². The van der Waals surface area contributed by atoms with E-state index in [1.807, 2.05) is 0 Å². The van der Waals surface area contributed by atoms with E-state index in [1.54, 1.807) is 24.3 Å². The molecule has 0 aliphatic heterocycles. The van der Waals surface area contributed by atoms with Gasteiger partial charge in [0, 0.05) is 6.54 Å². The lowest BCUT2D eigenvalue weighted by atomic mass is 10.2. The number of carbonyl (C=O) groups is 1. The third-order valence-electron chi connectivity index (χ3n) is 3.31. The topological polar surface area (TPSA) is 58.6 Å². The van der Waals surface area contributed by atoms with Gasteiger partial charge in [0.1, 0.15) is 12.4 Å². The maximum Gasteiger partial charge on any atom is 0.335 e. The quantitative estimate of drug-likeness (QED) is 0.726. The van der Waals surface area contributed by atoms with Gasteiger partial charge < -0.3 is 15.2 Å². The molecule has 0 radical (unpaired) electrons. The molecule has 0 spiro atoms. The standard InChI is InChI=1S/C14H19NO3/c1-10-7-12(10)9-15-5-6-18-13-4-2-3-11(8-13)14(16)17/h2-4,8,10,12,15H,5-7,9H2,1H3,(H,16,17). The van der Waals surface area contributed by atoms with E-state index in [0.717, 1.165) is 24.9 Å². The molecule has 1 aliphatic rings. The van der Waals surface area contributed by atoms with Gasteiger partial charge in [-0.15, -0.1) is 0 Å². The number of carboxylic acids is 1. The predicted octanol–water partition coefficient (Wildman–Crippen LogP) is 2.01. The molecular formula is C14H19NO3. The van der Waals surface area contributed by atoms with Gasteiger partial charge in [0.15, 0.2) is 0 Å². The summed E-state index contributed by atoms with van der Waals surface area (Å²) in [4.78, 5) is 10.8. The van der Waals surface area contributed by atoms with Crippen molar-refractivity contribution in [1.82, 2.24) is 5.32 Å². The highest BCUT2D eigenvalue weighted by Gasteiger charge is 2.31. The number of aromatic carboxylic acids is 1.